The first-order chi connectivity index (χ1) is 18.8. The van der Waals surface area contributed by atoms with E-state index in [2.05, 4.69) is 129 Å². The molecule has 0 bridgehead atoms. The van der Waals surface area contributed by atoms with Crippen molar-refractivity contribution in [3.8, 4) is 11.5 Å². The molecular formula is C36H34N2O. The third-order valence-electron chi connectivity index (χ3n) is 8.92. The van der Waals surface area contributed by atoms with Gasteiger partial charge in [-0.3, -0.25) is 0 Å². The highest BCUT2D eigenvalue weighted by molar-refractivity contribution is 5.95. The monoisotopic (exact) mass is 510 g/mol. The summed E-state index contributed by atoms with van der Waals surface area (Å²) >= 11 is 0. The molecule has 0 spiro atoms. The molecule has 5 aromatic rings. The zero-order valence-electron chi connectivity index (χ0n) is 23.3. The highest BCUT2D eigenvalue weighted by Crippen LogP contribution is 2.52. The van der Waals surface area contributed by atoms with Crippen molar-refractivity contribution in [2.75, 3.05) is 4.90 Å². The minimum Gasteiger partial charge on any atom is -0.457 e. The highest BCUT2D eigenvalue weighted by Gasteiger charge is 2.44. The van der Waals surface area contributed by atoms with Gasteiger partial charge < -0.3 is 14.2 Å². The zero-order chi connectivity index (χ0) is 26.9. The Kier molecular flexibility index (Phi) is 5.28. The van der Waals surface area contributed by atoms with Crippen molar-refractivity contribution in [1.82, 2.24) is 4.57 Å². The number of anilines is 2. The second-order valence-electron chi connectivity index (χ2n) is 11.6. The summed E-state index contributed by atoms with van der Waals surface area (Å²) in [4.78, 5) is 2.56. The lowest BCUT2D eigenvalue weighted by molar-refractivity contribution is 0.476. The van der Waals surface area contributed by atoms with Crippen LogP contribution in [0.4, 0.5) is 11.4 Å². The normalized spacial score (nSPS) is 17.3. The van der Waals surface area contributed by atoms with Crippen molar-refractivity contribution in [2.24, 2.45) is 7.05 Å². The van der Waals surface area contributed by atoms with Crippen LogP contribution in [0.5, 0.6) is 11.5 Å². The molecule has 0 amide bonds. The van der Waals surface area contributed by atoms with Crippen LogP contribution in [0.25, 0.3) is 17.0 Å². The molecule has 0 saturated heterocycles. The lowest BCUT2D eigenvalue weighted by Gasteiger charge is -2.49. The van der Waals surface area contributed by atoms with Crippen LogP contribution in [0.2, 0.25) is 0 Å². The molecule has 1 unspecified atom stereocenters. The summed E-state index contributed by atoms with van der Waals surface area (Å²) in [5.41, 5.74) is 11.5. The van der Waals surface area contributed by atoms with E-state index in [4.69, 9.17) is 4.74 Å². The standard InChI is InChI=1S/C36H34N2O/c1-23-13-9-12-18-34(23)39-35-21-27-26-20-29-33(22-32(26)37(5)31(27)19-24(35)2)38(25-14-7-6-8-15-25)30-17-11-10-16-28(30)36(29,3)4/h6-21,33H,22H2,1-5H3. The van der Waals surface area contributed by atoms with Crippen LogP contribution in [-0.4, -0.2) is 10.6 Å². The van der Waals surface area contributed by atoms with Gasteiger partial charge >= 0.3 is 0 Å². The number of fused-ring (bicyclic) bond motifs is 5. The van der Waals surface area contributed by atoms with Gasteiger partial charge in [0, 0.05) is 52.4 Å². The van der Waals surface area contributed by atoms with Gasteiger partial charge in [-0.05, 0) is 72.5 Å². The second-order valence-corrected chi connectivity index (χ2v) is 11.6. The molecular weight excluding hydrogens is 476 g/mol. The van der Waals surface area contributed by atoms with Gasteiger partial charge in [-0.25, -0.2) is 0 Å². The van der Waals surface area contributed by atoms with Gasteiger partial charge in [0.05, 0.1) is 6.04 Å². The first-order valence-corrected chi connectivity index (χ1v) is 13.9. The first-order valence-electron chi connectivity index (χ1n) is 13.9. The number of rotatable bonds is 3. The molecule has 39 heavy (non-hydrogen) atoms. The van der Waals surface area contributed by atoms with Crippen LogP contribution in [-0.2, 0) is 18.9 Å². The predicted molar refractivity (Wildman–Crippen MR) is 162 cm³/mol. The van der Waals surface area contributed by atoms with Gasteiger partial charge in [0.1, 0.15) is 11.5 Å². The van der Waals surface area contributed by atoms with E-state index in [1.807, 2.05) is 12.1 Å². The van der Waals surface area contributed by atoms with Gasteiger partial charge in [0.25, 0.3) is 0 Å². The summed E-state index contributed by atoms with van der Waals surface area (Å²) in [5, 5.41) is 1.26. The summed E-state index contributed by atoms with van der Waals surface area (Å²) in [5.74, 6) is 1.83. The molecule has 1 aliphatic carbocycles. The number of hydrogen-bond donors (Lipinski definition) is 0. The smallest absolute Gasteiger partial charge is 0.131 e. The van der Waals surface area contributed by atoms with Crippen molar-refractivity contribution < 1.29 is 4.74 Å². The van der Waals surface area contributed by atoms with E-state index in [1.54, 1.807) is 0 Å². The number of para-hydroxylation sites is 3. The van der Waals surface area contributed by atoms with Crippen LogP contribution in [0.1, 0.15) is 41.8 Å². The Hall–Kier alpha value is -4.24. The number of ether oxygens (including phenoxy) is 1. The summed E-state index contributed by atoms with van der Waals surface area (Å²) < 4.78 is 8.88. The first kappa shape index (κ1) is 23.8. The fourth-order valence-corrected chi connectivity index (χ4v) is 6.77. The summed E-state index contributed by atoms with van der Waals surface area (Å²) in [7, 11) is 2.22. The maximum absolute atomic E-state index is 6.48. The number of aryl methyl sites for hydroxylation is 3. The SMILES string of the molecule is Cc1ccccc1Oc1cc2c3c(n(C)c2cc1C)CC1C(=C3)C(C)(C)c2ccccc2N1c1ccccc1. The van der Waals surface area contributed by atoms with Crippen LogP contribution >= 0.6 is 0 Å². The van der Waals surface area contributed by atoms with Crippen molar-refractivity contribution in [1.29, 1.82) is 0 Å². The van der Waals surface area contributed by atoms with Gasteiger partial charge in [0.2, 0.25) is 0 Å². The van der Waals surface area contributed by atoms with Crippen LogP contribution in [0, 0.1) is 13.8 Å². The fourth-order valence-electron chi connectivity index (χ4n) is 6.77. The Morgan fingerprint density at radius 3 is 2.31 bits per heavy atom. The van der Waals surface area contributed by atoms with Crippen molar-refractivity contribution in [2.45, 2.75) is 45.6 Å². The van der Waals surface area contributed by atoms with Crippen molar-refractivity contribution in [3.05, 3.63) is 125 Å². The van der Waals surface area contributed by atoms with E-state index in [9.17, 15) is 0 Å². The van der Waals surface area contributed by atoms with Gasteiger partial charge in [-0.2, -0.15) is 0 Å². The zero-order valence-corrected chi connectivity index (χ0v) is 23.3. The average molecular weight is 511 g/mol. The minimum absolute atomic E-state index is 0.0857. The van der Waals surface area contributed by atoms with E-state index in [1.165, 1.54) is 44.7 Å². The molecule has 0 radical (unpaired) electrons. The van der Waals surface area contributed by atoms with Crippen LogP contribution < -0.4 is 9.64 Å². The quantitative estimate of drug-likeness (QED) is 0.241. The molecule has 1 aliphatic heterocycles. The maximum Gasteiger partial charge on any atom is 0.131 e. The lowest BCUT2D eigenvalue weighted by Crippen LogP contribution is -2.47. The van der Waals surface area contributed by atoms with Crippen molar-refractivity contribution >= 4 is 28.4 Å². The third kappa shape index (κ3) is 3.56. The summed E-state index contributed by atoms with van der Waals surface area (Å²) in [6, 6.07) is 32.8. The molecule has 0 fully saturated rings. The van der Waals surface area contributed by atoms with E-state index in [-0.39, 0.29) is 11.5 Å². The Balaban J connectivity index is 1.43. The van der Waals surface area contributed by atoms with Crippen LogP contribution in [0.15, 0.2) is 96.6 Å². The molecule has 4 aromatic carbocycles. The molecule has 3 heteroatoms. The van der Waals surface area contributed by atoms with E-state index >= 15 is 0 Å². The highest BCUT2D eigenvalue weighted by atomic mass is 16.5. The molecule has 1 aromatic heterocycles. The second kappa shape index (κ2) is 8.64. The molecule has 7 rings (SSSR count). The van der Waals surface area contributed by atoms with Gasteiger partial charge in [-0.15, -0.1) is 0 Å². The summed E-state index contributed by atoms with van der Waals surface area (Å²) in [6.07, 6.45) is 3.44. The average Bonchev–Trinajstić information content (AvgIpc) is 3.20. The lowest BCUT2D eigenvalue weighted by atomic mass is 9.67. The Morgan fingerprint density at radius 1 is 0.795 bits per heavy atom. The largest absolute Gasteiger partial charge is 0.457 e. The fraction of sp³-hybridized carbons (Fsp3) is 0.222. The minimum atomic E-state index is -0.0857. The predicted octanol–water partition coefficient (Wildman–Crippen LogP) is 9.03. The summed E-state index contributed by atoms with van der Waals surface area (Å²) in [6.45, 7) is 9.02. The molecule has 3 nitrogen and oxygen atoms in total. The molecule has 1 atom stereocenters. The number of benzene rings is 4. The molecule has 194 valence electrons. The third-order valence-corrected chi connectivity index (χ3v) is 8.92. The Bertz CT molecular complexity index is 1770. The van der Waals surface area contributed by atoms with E-state index < -0.39 is 0 Å². The molecule has 0 saturated carbocycles. The number of aromatic nitrogens is 1. The Labute approximate surface area is 231 Å². The van der Waals surface area contributed by atoms with Crippen LogP contribution in [0.3, 0.4) is 0 Å². The Morgan fingerprint density at radius 2 is 1.51 bits per heavy atom. The van der Waals surface area contributed by atoms with E-state index in [0.717, 1.165) is 29.0 Å². The molecule has 0 N–H and O–H groups in total. The number of hydrogen-bond acceptors (Lipinski definition) is 2. The van der Waals surface area contributed by atoms with Gasteiger partial charge in [-0.1, -0.05) is 74.5 Å². The molecule has 2 aliphatic rings. The maximum atomic E-state index is 6.48. The topological polar surface area (TPSA) is 17.4 Å². The van der Waals surface area contributed by atoms with Crippen molar-refractivity contribution in [3.63, 3.8) is 0 Å². The van der Waals surface area contributed by atoms with Gasteiger partial charge in [0.15, 0.2) is 0 Å². The number of nitrogens with zero attached hydrogens (tertiary/aromatic N) is 2. The molecule has 2 heterocycles. The van der Waals surface area contributed by atoms with E-state index in [0.29, 0.717) is 0 Å².